The lowest BCUT2D eigenvalue weighted by Gasteiger charge is -2.26. The highest BCUT2D eigenvalue weighted by Gasteiger charge is 2.22. The molecule has 0 spiro atoms. The van der Waals surface area contributed by atoms with Crippen LogP contribution in [0.5, 0.6) is 0 Å². The minimum absolute atomic E-state index is 0.0544. The SMILES string of the molecule is CC(C)OC1[CH]CCC(F)C1. The van der Waals surface area contributed by atoms with Crippen LogP contribution in [0, 0.1) is 6.42 Å². The van der Waals surface area contributed by atoms with Crippen LogP contribution >= 0.6 is 0 Å². The molecule has 1 fully saturated rings. The van der Waals surface area contributed by atoms with E-state index in [-0.39, 0.29) is 12.2 Å². The first kappa shape index (κ1) is 8.98. The minimum atomic E-state index is -0.649. The third-order valence-electron chi connectivity index (χ3n) is 1.84. The largest absolute Gasteiger partial charge is 0.375 e. The van der Waals surface area contributed by atoms with Crippen LogP contribution in [0.15, 0.2) is 0 Å². The van der Waals surface area contributed by atoms with Gasteiger partial charge >= 0.3 is 0 Å². The molecule has 2 atom stereocenters. The van der Waals surface area contributed by atoms with E-state index in [1.807, 2.05) is 13.8 Å². The zero-order chi connectivity index (χ0) is 8.27. The van der Waals surface area contributed by atoms with E-state index in [0.717, 1.165) is 6.42 Å². The van der Waals surface area contributed by atoms with Gasteiger partial charge in [-0.05, 0) is 33.1 Å². The summed E-state index contributed by atoms with van der Waals surface area (Å²) in [4.78, 5) is 0. The van der Waals surface area contributed by atoms with Gasteiger partial charge in [0.1, 0.15) is 6.17 Å². The van der Waals surface area contributed by atoms with Gasteiger partial charge in [-0.3, -0.25) is 0 Å². The average Bonchev–Trinajstić information content (AvgIpc) is 1.85. The van der Waals surface area contributed by atoms with Gasteiger partial charge in [0.15, 0.2) is 0 Å². The number of alkyl halides is 1. The van der Waals surface area contributed by atoms with Crippen molar-refractivity contribution in [2.24, 2.45) is 0 Å². The smallest absolute Gasteiger partial charge is 0.103 e. The zero-order valence-electron chi connectivity index (χ0n) is 7.22. The Morgan fingerprint density at radius 1 is 1.55 bits per heavy atom. The number of rotatable bonds is 2. The van der Waals surface area contributed by atoms with E-state index >= 15 is 0 Å². The predicted octanol–water partition coefficient (Wildman–Crippen LogP) is 2.51. The molecule has 0 aromatic carbocycles. The van der Waals surface area contributed by atoms with Crippen LogP contribution in [0.3, 0.4) is 0 Å². The first-order valence-corrected chi connectivity index (χ1v) is 4.31. The predicted molar refractivity (Wildman–Crippen MR) is 43.1 cm³/mol. The summed E-state index contributed by atoms with van der Waals surface area (Å²) >= 11 is 0. The Kier molecular flexibility index (Phi) is 3.31. The van der Waals surface area contributed by atoms with Crippen LogP contribution in [0.25, 0.3) is 0 Å². The highest BCUT2D eigenvalue weighted by Crippen LogP contribution is 2.23. The molecule has 0 saturated heterocycles. The molecule has 0 bridgehead atoms. The summed E-state index contributed by atoms with van der Waals surface area (Å²) in [6, 6.07) is 0. The fourth-order valence-electron chi connectivity index (χ4n) is 1.39. The Labute approximate surface area is 67.9 Å². The van der Waals surface area contributed by atoms with Gasteiger partial charge in [-0.25, -0.2) is 4.39 Å². The molecule has 0 heterocycles. The summed E-state index contributed by atoms with van der Waals surface area (Å²) in [7, 11) is 0. The normalized spacial score (nSPS) is 32.7. The number of ether oxygens (including phenoxy) is 1. The lowest BCUT2D eigenvalue weighted by atomic mass is 9.96. The van der Waals surface area contributed by atoms with Crippen molar-refractivity contribution in [3.05, 3.63) is 6.42 Å². The Morgan fingerprint density at radius 2 is 2.27 bits per heavy atom. The molecule has 1 aliphatic carbocycles. The number of halogens is 1. The fraction of sp³-hybridized carbons (Fsp3) is 0.889. The molecule has 1 aliphatic rings. The molecular weight excluding hydrogens is 143 g/mol. The van der Waals surface area contributed by atoms with Crippen molar-refractivity contribution in [1.29, 1.82) is 0 Å². The maximum Gasteiger partial charge on any atom is 0.103 e. The molecule has 0 aromatic rings. The van der Waals surface area contributed by atoms with Gasteiger partial charge in [-0.1, -0.05) is 0 Å². The molecule has 0 aliphatic heterocycles. The second-order valence-electron chi connectivity index (χ2n) is 3.37. The topological polar surface area (TPSA) is 9.23 Å². The lowest BCUT2D eigenvalue weighted by molar-refractivity contribution is -0.00279. The van der Waals surface area contributed by atoms with Crippen molar-refractivity contribution in [3.63, 3.8) is 0 Å². The van der Waals surface area contributed by atoms with Gasteiger partial charge in [0.25, 0.3) is 0 Å². The third kappa shape index (κ3) is 3.19. The van der Waals surface area contributed by atoms with E-state index in [1.165, 1.54) is 0 Å². The van der Waals surface area contributed by atoms with Gasteiger partial charge in [-0.15, -0.1) is 0 Å². The molecule has 2 unspecified atom stereocenters. The van der Waals surface area contributed by atoms with Crippen LogP contribution in [0.1, 0.15) is 33.1 Å². The van der Waals surface area contributed by atoms with E-state index in [9.17, 15) is 4.39 Å². The van der Waals surface area contributed by atoms with Crippen LogP contribution in [0.4, 0.5) is 4.39 Å². The Morgan fingerprint density at radius 3 is 2.82 bits per heavy atom. The fourth-order valence-corrected chi connectivity index (χ4v) is 1.39. The molecule has 1 radical (unpaired) electrons. The highest BCUT2D eigenvalue weighted by molar-refractivity contribution is 4.86. The van der Waals surface area contributed by atoms with E-state index in [1.54, 1.807) is 0 Å². The van der Waals surface area contributed by atoms with Crippen molar-refractivity contribution in [2.45, 2.75) is 51.5 Å². The highest BCUT2D eigenvalue weighted by atomic mass is 19.1. The molecule has 2 heteroatoms. The molecule has 1 saturated carbocycles. The standard InChI is InChI=1S/C9H16FO/c1-7(2)11-9-5-3-4-8(10)6-9/h5,7-9H,3-4,6H2,1-2H3. The second-order valence-corrected chi connectivity index (χ2v) is 3.37. The quantitative estimate of drug-likeness (QED) is 0.601. The molecule has 0 N–H and O–H groups in total. The zero-order valence-corrected chi connectivity index (χ0v) is 7.22. The van der Waals surface area contributed by atoms with Crippen LogP contribution in [-0.2, 0) is 4.74 Å². The van der Waals surface area contributed by atoms with Gasteiger partial charge in [0, 0.05) is 6.42 Å². The van der Waals surface area contributed by atoms with Gasteiger partial charge < -0.3 is 4.74 Å². The summed E-state index contributed by atoms with van der Waals surface area (Å²) in [5, 5.41) is 0. The van der Waals surface area contributed by atoms with Crippen molar-refractivity contribution in [1.82, 2.24) is 0 Å². The molecule has 1 nitrogen and oxygen atoms in total. The minimum Gasteiger partial charge on any atom is -0.375 e. The molecule has 0 amide bonds. The van der Waals surface area contributed by atoms with Gasteiger partial charge in [-0.2, -0.15) is 0 Å². The van der Waals surface area contributed by atoms with Crippen LogP contribution in [-0.4, -0.2) is 18.4 Å². The Hall–Kier alpha value is -0.110. The summed E-state index contributed by atoms with van der Waals surface area (Å²) in [6.45, 7) is 3.96. The average molecular weight is 159 g/mol. The monoisotopic (exact) mass is 159 g/mol. The molecular formula is C9H16FO. The van der Waals surface area contributed by atoms with Crippen molar-refractivity contribution in [2.75, 3.05) is 0 Å². The Balaban J connectivity index is 2.23. The maximum atomic E-state index is 12.8. The summed E-state index contributed by atoms with van der Waals surface area (Å²) in [5.41, 5.74) is 0. The maximum absolute atomic E-state index is 12.8. The van der Waals surface area contributed by atoms with Crippen molar-refractivity contribution < 1.29 is 9.13 Å². The summed E-state index contributed by atoms with van der Waals surface area (Å²) in [6.07, 6.45) is 3.79. The summed E-state index contributed by atoms with van der Waals surface area (Å²) in [5.74, 6) is 0. The third-order valence-corrected chi connectivity index (χ3v) is 1.84. The molecule has 11 heavy (non-hydrogen) atoms. The van der Waals surface area contributed by atoms with Crippen LogP contribution in [0.2, 0.25) is 0 Å². The first-order valence-electron chi connectivity index (χ1n) is 4.31. The molecule has 1 rings (SSSR count). The van der Waals surface area contributed by atoms with E-state index in [4.69, 9.17) is 4.74 Å². The van der Waals surface area contributed by atoms with Crippen molar-refractivity contribution >= 4 is 0 Å². The molecule has 65 valence electrons. The Bertz CT molecular complexity index is 112. The molecule has 0 aromatic heterocycles. The van der Waals surface area contributed by atoms with Crippen LogP contribution < -0.4 is 0 Å². The second kappa shape index (κ2) is 4.05. The van der Waals surface area contributed by atoms with Gasteiger partial charge in [0.2, 0.25) is 0 Å². The van der Waals surface area contributed by atoms with Gasteiger partial charge in [0.05, 0.1) is 12.2 Å². The number of hydrogen-bond acceptors (Lipinski definition) is 1. The summed E-state index contributed by atoms with van der Waals surface area (Å²) < 4.78 is 18.3. The van der Waals surface area contributed by atoms with E-state index in [0.29, 0.717) is 12.8 Å². The van der Waals surface area contributed by atoms with E-state index < -0.39 is 6.17 Å². The number of hydrogen-bond donors (Lipinski definition) is 0. The lowest BCUT2D eigenvalue weighted by Crippen LogP contribution is -2.26. The van der Waals surface area contributed by atoms with Crippen molar-refractivity contribution in [3.8, 4) is 0 Å². The first-order chi connectivity index (χ1) is 5.18. The van der Waals surface area contributed by atoms with E-state index in [2.05, 4.69) is 6.42 Å².